The van der Waals surface area contributed by atoms with E-state index in [1.54, 1.807) is 6.92 Å². The number of benzene rings is 2. The number of hydrogen-bond donors (Lipinski definition) is 1. The molecule has 4 rings (SSSR count). The Balaban J connectivity index is 1.81. The van der Waals surface area contributed by atoms with Crippen LogP contribution in [0.25, 0.3) is 22.2 Å². The predicted molar refractivity (Wildman–Crippen MR) is 123 cm³/mol. The number of carbonyl (C=O) groups excluding carboxylic acids is 1. The molecular formula is C22H19IN4O3. The summed E-state index contributed by atoms with van der Waals surface area (Å²) in [5.41, 5.74) is 8.58. The van der Waals surface area contributed by atoms with Crippen LogP contribution in [0.3, 0.4) is 0 Å². The summed E-state index contributed by atoms with van der Waals surface area (Å²) >= 11 is 2.21. The molecule has 0 bridgehead atoms. The molecule has 8 heteroatoms. The van der Waals surface area contributed by atoms with Crippen molar-refractivity contribution in [2.75, 3.05) is 12.8 Å². The Morgan fingerprint density at radius 1 is 1.07 bits per heavy atom. The van der Waals surface area contributed by atoms with Gasteiger partial charge < -0.3 is 19.8 Å². The van der Waals surface area contributed by atoms with Crippen LogP contribution in [-0.4, -0.2) is 27.6 Å². The van der Waals surface area contributed by atoms with Crippen LogP contribution in [-0.2, 0) is 9.53 Å². The molecule has 2 aromatic carbocycles. The van der Waals surface area contributed by atoms with Crippen molar-refractivity contribution in [3.05, 3.63) is 64.6 Å². The fourth-order valence-electron chi connectivity index (χ4n) is 3.34. The molecule has 4 aromatic rings. The maximum Gasteiger partial charge on any atom is 0.328 e. The third kappa shape index (κ3) is 3.58. The van der Waals surface area contributed by atoms with Crippen molar-refractivity contribution in [2.24, 2.45) is 0 Å². The quantitative estimate of drug-likeness (QED) is 0.304. The second-order valence-corrected chi connectivity index (χ2v) is 7.65. The Morgan fingerprint density at radius 2 is 1.73 bits per heavy atom. The van der Waals surface area contributed by atoms with Gasteiger partial charge >= 0.3 is 5.97 Å². The van der Waals surface area contributed by atoms with Crippen molar-refractivity contribution in [1.29, 1.82) is 0 Å². The van der Waals surface area contributed by atoms with E-state index in [9.17, 15) is 4.79 Å². The lowest BCUT2D eigenvalue weighted by Crippen LogP contribution is -2.19. The van der Waals surface area contributed by atoms with Crippen LogP contribution in [0.2, 0.25) is 0 Å². The lowest BCUT2D eigenvalue weighted by molar-refractivity contribution is -0.143. The largest absolute Gasteiger partial charge is 0.467 e. The Labute approximate surface area is 187 Å². The maximum atomic E-state index is 12.2. The number of nitrogens with two attached hydrogens (primary N) is 1. The van der Waals surface area contributed by atoms with Crippen molar-refractivity contribution in [3.63, 3.8) is 0 Å². The number of methoxy groups -OCH3 is 1. The molecule has 0 aliphatic carbocycles. The number of aromatic nitrogens is 3. The second-order valence-electron chi connectivity index (χ2n) is 6.63. The molecule has 0 saturated heterocycles. The minimum atomic E-state index is -0.562. The van der Waals surface area contributed by atoms with Gasteiger partial charge in [0, 0.05) is 5.56 Å². The van der Waals surface area contributed by atoms with E-state index >= 15 is 0 Å². The van der Waals surface area contributed by atoms with Crippen molar-refractivity contribution >= 4 is 45.4 Å². The molecule has 0 aliphatic rings. The molecule has 2 N–H and O–H groups in total. The number of nitrogen functional groups attached to an aromatic ring is 1. The smallest absolute Gasteiger partial charge is 0.328 e. The van der Waals surface area contributed by atoms with Gasteiger partial charge in [-0.15, -0.1) is 0 Å². The first kappa shape index (κ1) is 20.1. The third-order valence-electron chi connectivity index (χ3n) is 4.80. The maximum absolute atomic E-state index is 12.2. The van der Waals surface area contributed by atoms with E-state index in [-0.39, 0.29) is 5.97 Å². The highest BCUT2D eigenvalue weighted by atomic mass is 127. The fraction of sp³-hybridized carbons (Fsp3) is 0.136. The van der Waals surface area contributed by atoms with E-state index < -0.39 is 6.04 Å². The first-order chi connectivity index (χ1) is 14.5. The Morgan fingerprint density at radius 3 is 2.40 bits per heavy atom. The zero-order chi connectivity index (χ0) is 21.3. The second kappa shape index (κ2) is 8.31. The van der Waals surface area contributed by atoms with Gasteiger partial charge in [-0.3, -0.25) is 0 Å². The summed E-state index contributed by atoms with van der Waals surface area (Å²) in [5, 5.41) is 0.703. The van der Waals surface area contributed by atoms with E-state index in [4.69, 9.17) is 15.2 Å². The standard InChI is InChI=1S/C22H19IN4O3/c1-13(22(28)29-2)27-19(23)17(18-20(24)25-12-26-21(18)27)14-8-10-16(11-9-14)30-15-6-4-3-5-7-15/h3-13H,1-2H3,(H2,24,25,26). The van der Waals surface area contributed by atoms with Crippen molar-refractivity contribution in [2.45, 2.75) is 13.0 Å². The first-order valence-corrected chi connectivity index (χ1v) is 10.3. The Kier molecular flexibility index (Phi) is 5.58. The lowest BCUT2D eigenvalue weighted by Gasteiger charge is -2.14. The van der Waals surface area contributed by atoms with Gasteiger partial charge in [0.25, 0.3) is 0 Å². The number of hydrogen-bond acceptors (Lipinski definition) is 6. The van der Waals surface area contributed by atoms with Gasteiger partial charge in [0.05, 0.1) is 16.2 Å². The summed E-state index contributed by atoms with van der Waals surface area (Å²) in [6.07, 6.45) is 1.40. The minimum Gasteiger partial charge on any atom is -0.467 e. The summed E-state index contributed by atoms with van der Waals surface area (Å²) in [4.78, 5) is 20.8. The summed E-state index contributed by atoms with van der Waals surface area (Å²) in [5.74, 6) is 1.48. The summed E-state index contributed by atoms with van der Waals surface area (Å²) < 4.78 is 13.5. The molecule has 152 valence electrons. The number of ether oxygens (including phenoxy) is 2. The van der Waals surface area contributed by atoms with E-state index in [1.807, 2.05) is 59.2 Å². The predicted octanol–water partition coefficient (Wildman–Crippen LogP) is 4.81. The summed E-state index contributed by atoms with van der Waals surface area (Å²) in [6.45, 7) is 1.77. The number of esters is 1. The molecular weight excluding hydrogens is 495 g/mol. The van der Waals surface area contributed by atoms with Gasteiger partial charge in [-0.05, 0) is 59.3 Å². The zero-order valence-corrected chi connectivity index (χ0v) is 18.5. The molecule has 0 aliphatic heterocycles. The average molecular weight is 514 g/mol. The van der Waals surface area contributed by atoms with E-state index in [1.165, 1.54) is 13.4 Å². The molecule has 1 unspecified atom stereocenters. The number of carbonyl (C=O) groups is 1. The normalized spacial score (nSPS) is 12.0. The van der Waals surface area contributed by atoms with Crippen LogP contribution in [0.1, 0.15) is 13.0 Å². The highest BCUT2D eigenvalue weighted by molar-refractivity contribution is 14.1. The lowest BCUT2D eigenvalue weighted by atomic mass is 10.1. The molecule has 1 atom stereocenters. The molecule has 0 saturated carbocycles. The average Bonchev–Trinajstić information content (AvgIpc) is 3.07. The Hall–Kier alpha value is -3.14. The number of para-hydroxylation sites is 1. The Bertz CT molecular complexity index is 1210. The highest BCUT2D eigenvalue weighted by Gasteiger charge is 2.27. The minimum absolute atomic E-state index is 0.355. The highest BCUT2D eigenvalue weighted by Crippen LogP contribution is 2.39. The molecule has 30 heavy (non-hydrogen) atoms. The number of fused-ring (bicyclic) bond motifs is 1. The van der Waals surface area contributed by atoms with Crippen LogP contribution in [0.4, 0.5) is 5.82 Å². The van der Waals surface area contributed by atoms with Crippen LogP contribution in [0.5, 0.6) is 11.5 Å². The molecule has 0 spiro atoms. The van der Waals surface area contributed by atoms with Gasteiger partial charge in [-0.25, -0.2) is 14.8 Å². The van der Waals surface area contributed by atoms with Gasteiger partial charge in [-0.2, -0.15) is 0 Å². The van der Waals surface area contributed by atoms with Gasteiger partial charge in [0.15, 0.2) is 0 Å². The van der Waals surface area contributed by atoms with Gasteiger partial charge in [-0.1, -0.05) is 30.3 Å². The third-order valence-corrected chi connectivity index (χ3v) is 5.86. The first-order valence-electron chi connectivity index (χ1n) is 9.22. The number of halogens is 1. The van der Waals surface area contributed by atoms with Crippen LogP contribution >= 0.6 is 22.6 Å². The fourth-order valence-corrected chi connectivity index (χ4v) is 4.56. The van der Waals surface area contributed by atoms with Crippen molar-refractivity contribution in [1.82, 2.24) is 14.5 Å². The van der Waals surface area contributed by atoms with Crippen molar-refractivity contribution < 1.29 is 14.3 Å². The molecule has 0 amide bonds. The number of anilines is 1. The molecule has 2 heterocycles. The van der Waals surface area contributed by atoms with E-state index in [0.29, 0.717) is 16.9 Å². The van der Waals surface area contributed by atoms with E-state index in [2.05, 4.69) is 32.6 Å². The molecule has 0 radical (unpaired) electrons. The van der Waals surface area contributed by atoms with Crippen molar-refractivity contribution in [3.8, 4) is 22.6 Å². The molecule has 7 nitrogen and oxygen atoms in total. The van der Waals surface area contributed by atoms with Crippen LogP contribution in [0.15, 0.2) is 60.9 Å². The van der Waals surface area contributed by atoms with Crippen LogP contribution in [0, 0.1) is 3.70 Å². The monoisotopic (exact) mass is 514 g/mol. The topological polar surface area (TPSA) is 92.3 Å². The van der Waals surface area contributed by atoms with Gasteiger partial charge in [0.2, 0.25) is 0 Å². The SMILES string of the molecule is COC(=O)C(C)n1c(I)c(-c2ccc(Oc3ccccc3)cc2)c2c(N)ncnc21. The number of nitrogens with zero attached hydrogens (tertiary/aromatic N) is 3. The number of rotatable bonds is 5. The summed E-state index contributed by atoms with van der Waals surface area (Å²) in [6, 6.07) is 16.7. The molecule has 0 fully saturated rings. The zero-order valence-electron chi connectivity index (χ0n) is 16.4. The van der Waals surface area contributed by atoms with Gasteiger partial charge in [0.1, 0.15) is 35.3 Å². The molecule has 2 aromatic heterocycles. The van der Waals surface area contributed by atoms with Crippen LogP contribution < -0.4 is 10.5 Å². The van der Waals surface area contributed by atoms with E-state index in [0.717, 1.165) is 26.3 Å². The summed E-state index contributed by atoms with van der Waals surface area (Å²) in [7, 11) is 1.37.